The van der Waals surface area contributed by atoms with Gasteiger partial charge in [-0.25, -0.2) is 8.42 Å². The van der Waals surface area contributed by atoms with E-state index in [2.05, 4.69) is 5.32 Å². The molecule has 3 fully saturated rings. The van der Waals surface area contributed by atoms with Gasteiger partial charge in [-0.15, -0.1) is 0 Å². The minimum atomic E-state index is -2.75. The Morgan fingerprint density at radius 1 is 1.06 bits per heavy atom. The molecule has 2 aliphatic carbocycles. The zero-order valence-electron chi connectivity index (χ0n) is 9.69. The Morgan fingerprint density at radius 3 is 2.56 bits per heavy atom. The highest BCUT2D eigenvalue weighted by Crippen LogP contribution is 2.44. The van der Waals surface area contributed by atoms with E-state index in [1.54, 1.807) is 0 Å². The van der Waals surface area contributed by atoms with Crippen LogP contribution in [0.5, 0.6) is 0 Å². The van der Waals surface area contributed by atoms with Crippen molar-refractivity contribution in [2.24, 2.45) is 11.8 Å². The summed E-state index contributed by atoms with van der Waals surface area (Å²) in [5.41, 5.74) is 0. The van der Waals surface area contributed by atoms with E-state index in [1.165, 1.54) is 25.7 Å². The summed E-state index contributed by atoms with van der Waals surface area (Å²) < 4.78 is 23.1. The van der Waals surface area contributed by atoms with Crippen LogP contribution in [-0.4, -0.2) is 32.0 Å². The molecule has 4 heteroatoms. The molecule has 2 bridgehead atoms. The van der Waals surface area contributed by atoms with E-state index in [0.29, 0.717) is 17.5 Å². The van der Waals surface area contributed by atoms with E-state index in [9.17, 15) is 8.42 Å². The number of hydrogen-bond acceptors (Lipinski definition) is 3. The van der Waals surface area contributed by atoms with E-state index in [-0.39, 0.29) is 6.04 Å². The minimum absolute atomic E-state index is 0.239. The first kappa shape index (κ1) is 11.0. The number of fused-ring (bicyclic) bond motifs is 2. The molecule has 0 aromatic heterocycles. The first-order chi connectivity index (χ1) is 7.62. The molecule has 2 saturated carbocycles. The average molecular weight is 243 g/mol. The molecule has 3 rings (SSSR count). The van der Waals surface area contributed by atoms with Crippen LogP contribution < -0.4 is 5.32 Å². The second-order valence-electron chi connectivity index (χ2n) is 5.90. The average Bonchev–Trinajstić information content (AvgIpc) is 2.77. The molecule has 0 radical (unpaired) electrons. The van der Waals surface area contributed by atoms with E-state index >= 15 is 0 Å². The van der Waals surface area contributed by atoms with Gasteiger partial charge >= 0.3 is 0 Å². The van der Waals surface area contributed by atoms with Crippen molar-refractivity contribution in [3.8, 4) is 0 Å². The van der Waals surface area contributed by atoms with E-state index < -0.39 is 9.84 Å². The molecule has 0 aromatic carbocycles. The molecule has 0 spiro atoms. The monoisotopic (exact) mass is 243 g/mol. The summed E-state index contributed by atoms with van der Waals surface area (Å²) in [5.74, 6) is 2.56. The van der Waals surface area contributed by atoms with Crippen molar-refractivity contribution in [2.45, 2.75) is 50.6 Å². The predicted octanol–water partition coefficient (Wildman–Crippen LogP) is 1.34. The lowest BCUT2D eigenvalue weighted by atomic mass is 9.94. The molecule has 1 aliphatic heterocycles. The van der Waals surface area contributed by atoms with Crippen molar-refractivity contribution >= 4 is 9.84 Å². The normalized spacial score (nSPS) is 46.0. The van der Waals surface area contributed by atoms with Gasteiger partial charge in [-0.2, -0.15) is 0 Å². The number of nitrogens with one attached hydrogen (secondary N) is 1. The molecule has 3 nitrogen and oxygen atoms in total. The summed E-state index contributed by atoms with van der Waals surface area (Å²) >= 11 is 0. The Morgan fingerprint density at radius 2 is 1.94 bits per heavy atom. The lowest BCUT2D eigenvalue weighted by molar-refractivity contribution is 0.315. The summed E-state index contributed by atoms with van der Waals surface area (Å²) in [6, 6.07) is 0.861. The largest absolute Gasteiger partial charge is 0.310 e. The highest BCUT2D eigenvalue weighted by molar-refractivity contribution is 7.91. The molecule has 3 aliphatic rings. The highest BCUT2D eigenvalue weighted by Gasteiger charge is 2.40. The summed E-state index contributed by atoms with van der Waals surface area (Å²) in [4.78, 5) is 0. The molecule has 92 valence electrons. The minimum Gasteiger partial charge on any atom is -0.310 e. The van der Waals surface area contributed by atoms with Gasteiger partial charge in [0.25, 0.3) is 0 Å². The molecule has 16 heavy (non-hydrogen) atoms. The second kappa shape index (κ2) is 3.98. The van der Waals surface area contributed by atoms with Gasteiger partial charge < -0.3 is 5.32 Å². The van der Waals surface area contributed by atoms with Crippen LogP contribution in [0.25, 0.3) is 0 Å². The molecule has 0 aromatic rings. The Labute approximate surface area is 97.9 Å². The Bertz CT molecular complexity index is 365. The molecule has 0 amide bonds. The van der Waals surface area contributed by atoms with Crippen molar-refractivity contribution in [2.75, 3.05) is 11.5 Å². The summed E-state index contributed by atoms with van der Waals surface area (Å²) in [5, 5.41) is 3.63. The molecular formula is C12H21NO2S. The van der Waals surface area contributed by atoms with Crippen molar-refractivity contribution in [1.29, 1.82) is 0 Å². The molecule has 1 N–H and O–H groups in total. The van der Waals surface area contributed by atoms with Crippen molar-refractivity contribution < 1.29 is 8.42 Å². The maximum absolute atomic E-state index is 11.6. The van der Waals surface area contributed by atoms with Crippen molar-refractivity contribution in [3.63, 3.8) is 0 Å². The zero-order valence-corrected chi connectivity index (χ0v) is 10.5. The molecule has 1 saturated heterocycles. The van der Waals surface area contributed by atoms with Gasteiger partial charge in [0.15, 0.2) is 9.84 Å². The fourth-order valence-electron chi connectivity index (χ4n) is 3.91. The number of hydrogen-bond donors (Lipinski definition) is 1. The standard InChI is InChI=1S/C12H21NO2S/c14-16(15)5-1-2-11(8-16)13-12-7-9-3-4-10(12)6-9/h9-13H,1-8H2. The fraction of sp³-hybridized carbons (Fsp3) is 1.00. The number of rotatable bonds is 2. The molecule has 4 unspecified atom stereocenters. The van der Waals surface area contributed by atoms with Gasteiger partial charge in [-0.05, 0) is 43.9 Å². The maximum atomic E-state index is 11.6. The van der Waals surface area contributed by atoms with Crippen LogP contribution in [0.4, 0.5) is 0 Å². The fourth-order valence-corrected chi connectivity index (χ4v) is 5.55. The predicted molar refractivity (Wildman–Crippen MR) is 64.0 cm³/mol. The highest BCUT2D eigenvalue weighted by atomic mass is 32.2. The van der Waals surface area contributed by atoms with Crippen LogP contribution in [0.1, 0.15) is 38.5 Å². The summed E-state index contributed by atoms with van der Waals surface area (Å²) in [6.07, 6.45) is 7.35. The second-order valence-corrected chi connectivity index (χ2v) is 8.13. The van der Waals surface area contributed by atoms with Crippen LogP contribution in [-0.2, 0) is 9.84 Å². The quantitative estimate of drug-likeness (QED) is 0.796. The summed E-state index contributed by atoms with van der Waals surface area (Å²) in [6.45, 7) is 0. The van der Waals surface area contributed by atoms with Gasteiger partial charge in [0.05, 0.1) is 11.5 Å². The maximum Gasteiger partial charge on any atom is 0.151 e. The Hall–Kier alpha value is -0.0900. The third-order valence-electron chi connectivity index (χ3n) is 4.65. The van der Waals surface area contributed by atoms with Crippen LogP contribution >= 0.6 is 0 Å². The van der Waals surface area contributed by atoms with Crippen molar-refractivity contribution in [1.82, 2.24) is 5.32 Å². The van der Waals surface area contributed by atoms with Gasteiger partial charge in [0.2, 0.25) is 0 Å². The summed E-state index contributed by atoms with van der Waals surface area (Å²) in [7, 11) is -2.75. The van der Waals surface area contributed by atoms with Gasteiger partial charge in [0.1, 0.15) is 0 Å². The SMILES string of the molecule is O=S1(=O)CCCC(NC2CC3CCC2C3)C1. The molecule has 4 atom stereocenters. The molecule has 1 heterocycles. The van der Waals surface area contributed by atoms with Gasteiger partial charge in [-0.1, -0.05) is 6.42 Å². The lowest BCUT2D eigenvalue weighted by Gasteiger charge is -2.30. The smallest absolute Gasteiger partial charge is 0.151 e. The van der Waals surface area contributed by atoms with E-state index in [4.69, 9.17) is 0 Å². The Kier molecular flexibility index (Phi) is 2.75. The molecular weight excluding hydrogens is 222 g/mol. The number of sulfone groups is 1. The van der Waals surface area contributed by atoms with Crippen molar-refractivity contribution in [3.05, 3.63) is 0 Å². The van der Waals surface area contributed by atoms with Crippen LogP contribution in [0.15, 0.2) is 0 Å². The van der Waals surface area contributed by atoms with E-state index in [0.717, 1.165) is 24.7 Å². The van der Waals surface area contributed by atoms with Gasteiger partial charge in [-0.3, -0.25) is 0 Å². The third-order valence-corrected chi connectivity index (χ3v) is 6.47. The third kappa shape index (κ3) is 2.14. The van der Waals surface area contributed by atoms with Gasteiger partial charge in [0, 0.05) is 12.1 Å². The van der Waals surface area contributed by atoms with Crippen LogP contribution in [0, 0.1) is 11.8 Å². The Balaban J connectivity index is 1.59. The van der Waals surface area contributed by atoms with Crippen LogP contribution in [0.2, 0.25) is 0 Å². The topological polar surface area (TPSA) is 46.2 Å². The van der Waals surface area contributed by atoms with E-state index in [1.807, 2.05) is 0 Å². The first-order valence-electron chi connectivity index (χ1n) is 6.59. The first-order valence-corrected chi connectivity index (χ1v) is 8.41. The zero-order chi connectivity index (χ0) is 11.2. The van der Waals surface area contributed by atoms with Crippen LogP contribution in [0.3, 0.4) is 0 Å². The lowest BCUT2D eigenvalue weighted by Crippen LogP contribution is -2.47.